The Kier molecular flexibility index (Phi) is 4.84. The molecule has 0 bridgehead atoms. The molecule has 0 amide bonds. The van der Waals surface area contributed by atoms with Gasteiger partial charge < -0.3 is 15.0 Å². The average Bonchev–Trinajstić information content (AvgIpc) is 3.25. The highest BCUT2D eigenvalue weighted by Gasteiger charge is 2.20. The van der Waals surface area contributed by atoms with Gasteiger partial charge in [-0.15, -0.1) is 0 Å². The van der Waals surface area contributed by atoms with Crippen LogP contribution in [0.4, 0.5) is 0 Å². The van der Waals surface area contributed by atoms with Gasteiger partial charge in [-0.05, 0) is 49.8 Å². The van der Waals surface area contributed by atoms with Crippen molar-refractivity contribution in [2.75, 3.05) is 6.61 Å². The highest BCUT2D eigenvalue weighted by Crippen LogP contribution is 2.27. The third-order valence-electron chi connectivity index (χ3n) is 4.14. The third-order valence-corrected chi connectivity index (χ3v) is 4.38. The van der Waals surface area contributed by atoms with E-state index in [1.165, 1.54) is 29.3 Å². The number of rotatable bonds is 8. The molecule has 0 spiro atoms. The molecule has 1 aromatic heterocycles. The Morgan fingerprint density at radius 3 is 2.86 bits per heavy atom. The van der Waals surface area contributed by atoms with E-state index < -0.39 is 0 Å². The second kappa shape index (κ2) is 6.82. The molecule has 0 saturated heterocycles. The van der Waals surface area contributed by atoms with E-state index in [0.29, 0.717) is 0 Å². The van der Waals surface area contributed by atoms with Crippen molar-refractivity contribution in [1.82, 2.24) is 9.88 Å². The molecule has 3 rings (SSSR count). The second-order valence-electron chi connectivity index (χ2n) is 5.95. The average molecular weight is 307 g/mol. The van der Waals surface area contributed by atoms with E-state index in [9.17, 15) is 0 Å². The van der Waals surface area contributed by atoms with E-state index in [-0.39, 0.29) is 6.61 Å². The standard InChI is InChI=1S/C17H23ClN2O/c18-14-4-7-16-13(11-19-15-5-6-15)12-20(17(16)10-14)8-2-1-3-9-21/h4,7,10,12,15,19,21H,1-3,5-6,8-9,11H2. The van der Waals surface area contributed by atoms with Crippen LogP contribution in [0.1, 0.15) is 37.7 Å². The minimum atomic E-state index is 0.287. The molecule has 21 heavy (non-hydrogen) atoms. The lowest BCUT2D eigenvalue weighted by atomic mass is 10.2. The molecule has 0 unspecified atom stereocenters. The molecular weight excluding hydrogens is 284 g/mol. The molecule has 1 aliphatic carbocycles. The Hall–Kier alpha value is -1.03. The molecule has 1 fully saturated rings. The lowest BCUT2D eigenvalue weighted by molar-refractivity contribution is 0.282. The van der Waals surface area contributed by atoms with Crippen molar-refractivity contribution in [3.63, 3.8) is 0 Å². The summed E-state index contributed by atoms with van der Waals surface area (Å²) in [4.78, 5) is 0. The maximum absolute atomic E-state index is 8.87. The largest absolute Gasteiger partial charge is 0.396 e. The zero-order valence-electron chi connectivity index (χ0n) is 12.3. The molecule has 0 aliphatic heterocycles. The number of aromatic nitrogens is 1. The van der Waals surface area contributed by atoms with Crippen molar-refractivity contribution in [3.05, 3.63) is 35.0 Å². The van der Waals surface area contributed by atoms with Gasteiger partial charge in [-0.1, -0.05) is 17.7 Å². The van der Waals surface area contributed by atoms with Crippen molar-refractivity contribution >= 4 is 22.5 Å². The molecule has 2 N–H and O–H groups in total. The summed E-state index contributed by atoms with van der Waals surface area (Å²) in [6.07, 6.45) is 7.92. The lowest BCUT2D eigenvalue weighted by Gasteiger charge is -2.05. The third kappa shape index (κ3) is 3.79. The van der Waals surface area contributed by atoms with Crippen LogP contribution in [-0.2, 0) is 13.1 Å². The van der Waals surface area contributed by atoms with Gasteiger partial charge >= 0.3 is 0 Å². The Labute approximate surface area is 130 Å². The van der Waals surface area contributed by atoms with Crippen LogP contribution in [0.15, 0.2) is 24.4 Å². The number of nitrogens with one attached hydrogen (secondary N) is 1. The first-order chi connectivity index (χ1) is 10.3. The summed E-state index contributed by atoms with van der Waals surface area (Å²) in [5.41, 5.74) is 2.58. The molecular formula is C17H23ClN2O. The van der Waals surface area contributed by atoms with Gasteiger partial charge in [-0.25, -0.2) is 0 Å². The van der Waals surface area contributed by atoms with Crippen LogP contribution >= 0.6 is 11.6 Å². The number of nitrogens with zero attached hydrogens (tertiary/aromatic N) is 1. The van der Waals surface area contributed by atoms with E-state index in [1.54, 1.807) is 0 Å². The molecule has 1 saturated carbocycles. The number of fused-ring (bicyclic) bond motifs is 1. The van der Waals surface area contributed by atoms with Crippen LogP contribution in [-0.4, -0.2) is 22.3 Å². The number of benzene rings is 1. The number of hydrogen-bond donors (Lipinski definition) is 2. The summed E-state index contributed by atoms with van der Waals surface area (Å²) < 4.78 is 2.31. The molecule has 4 heteroatoms. The topological polar surface area (TPSA) is 37.2 Å². The summed E-state index contributed by atoms with van der Waals surface area (Å²) in [6.45, 7) is 2.21. The van der Waals surface area contributed by atoms with Crippen molar-refractivity contribution in [2.24, 2.45) is 0 Å². The fourth-order valence-corrected chi connectivity index (χ4v) is 2.95. The Balaban J connectivity index is 1.77. The maximum atomic E-state index is 8.87. The first kappa shape index (κ1) is 14.9. The van der Waals surface area contributed by atoms with Crippen molar-refractivity contribution in [2.45, 2.75) is 51.2 Å². The first-order valence-electron chi connectivity index (χ1n) is 7.89. The highest BCUT2D eigenvalue weighted by molar-refractivity contribution is 6.31. The van der Waals surface area contributed by atoms with Crippen molar-refractivity contribution in [3.8, 4) is 0 Å². The maximum Gasteiger partial charge on any atom is 0.0498 e. The minimum Gasteiger partial charge on any atom is -0.396 e. The van der Waals surface area contributed by atoms with Crippen molar-refractivity contribution in [1.29, 1.82) is 0 Å². The summed E-state index contributed by atoms with van der Waals surface area (Å²) >= 11 is 6.16. The molecule has 1 aromatic carbocycles. The zero-order valence-corrected chi connectivity index (χ0v) is 13.1. The number of aliphatic hydroxyl groups excluding tert-OH is 1. The number of aryl methyl sites for hydroxylation is 1. The van der Waals surface area contributed by atoms with Gasteiger partial charge in [-0.3, -0.25) is 0 Å². The number of hydrogen-bond acceptors (Lipinski definition) is 2. The van der Waals surface area contributed by atoms with Gasteiger partial charge in [-0.2, -0.15) is 0 Å². The Morgan fingerprint density at radius 1 is 1.24 bits per heavy atom. The number of unbranched alkanes of at least 4 members (excludes halogenated alkanes) is 2. The summed E-state index contributed by atoms with van der Waals surface area (Å²) in [5, 5.41) is 14.6. The number of halogens is 1. The minimum absolute atomic E-state index is 0.287. The zero-order chi connectivity index (χ0) is 14.7. The molecule has 3 nitrogen and oxygen atoms in total. The van der Waals surface area contributed by atoms with E-state index in [1.807, 2.05) is 6.07 Å². The quantitative estimate of drug-likeness (QED) is 0.730. The van der Waals surface area contributed by atoms with Gasteiger partial charge in [0.05, 0.1) is 0 Å². The van der Waals surface area contributed by atoms with Gasteiger partial charge in [0.15, 0.2) is 0 Å². The van der Waals surface area contributed by atoms with Crippen LogP contribution in [0.3, 0.4) is 0 Å². The van der Waals surface area contributed by atoms with Crippen LogP contribution < -0.4 is 5.32 Å². The van der Waals surface area contributed by atoms with E-state index in [4.69, 9.17) is 16.7 Å². The normalized spacial score (nSPS) is 15.0. The highest BCUT2D eigenvalue weighted by atomic mass is 35.5. The molecule has 2 aromatic rings. The van der Waals surface area contributed by atoms with Crippen LogP contribution in [0.5, 0.6) is 0 Å². The molecule has 1 aliphatic rings. The molecule has 114 valence electrons. The Bertz CT molecular complexity index is 604. The van der Waals surface area contributed by atoms with Gasteiger partial charge in [0.2, 0.25) is 0 Å². The van der Waals surface area contributed by atoms with Crippen LogP contribution in [0.2, 0.25) is 5.02 Å². The van der Waals surface area contributed by atoms with E-state index >= 15 is 0 Å². The molecule has 1 heterocycles. The molecule has 0 radical (unpaired) electrons. The van der Waals surface area contributed by atoms with Crippen LogP contribution in [0.25, 0.3) is 10.9 Å². The van der Waals surface area contributed by atoms with E-state index in [0.717, 1.165) is 43.4 Å². The molecule has 0 atom stereocenters. The predicted molar refractivity (Wildman–Crippen MR) is 87.7 cm³/mol. The predicted octanol–water partition coefficient (Wildman–Crippen LogP) is 3.71. The Morgan fingerprint density at radius 2 is 2.10 bits per heavy atom. The summed E-state index contributed by atoms with van der Waals surface area (Å²) in [6, 6.07) is 6.89. The summed E-state index contributed by atoms with van der Waals surface area (Å²) in [5.74, 6) is 0. The van der Waals surface area contributed by atoms with E-state index in [2.05, 4.69) is 28.2 Å². The van der Waals surface area contributed by atoms with Gasteiger partial charge in [0.25, 0.3) is 0 Å². The monoisotopic (exact) mass is 306 g/mol. The fraction of sp³-hybridized carbons (Fsp3) is 0.529. The van der Waals surface area contributed by atoms with Gasteiger partial charge in [0, 0.05) is 47.9 Å². The smallest absolute Gasteiger partial charge is 0.0498 e. The first-order valence-corrected chi connectivity index (χ1v) is 8.27. The fourth-order valence-electron chi connectivity index (χ4n) is 2.78. The lowest BCUT2D eigenvalue weighted by Crippen LogP contribution is -2.14. The number of aliphatic hydroxyl groups is 1. The van der Waals surface area contributed by atoms with Gasteiger partial charge in [0.1, 0.15) is 0 Å². The van der Waals surface area contributed by atoms with Crippen LogP contribution in [0, 0.1) is 0 Å². The summed E-state index contributed by atoms with van der Waals surface area (Å²) in [7, 11) is 0. The SMILES string of the molecule is OCCCCCn1cc(CNC2CC2)c2ccc(Cl)cc21. The second-order valence-corrected chi connectivity index (χ2v) is 6.39. The van der Waals surface area contributed by atoms with Crippen molar-refractivity contribution < 1.29 is 5.11 Å².